The van der Waals surface area contributed by atoms with Gasteiger partial charge in [0.2, 0.25) is 0 Å². The minimum absolute atomic E-state index is 0.348. The predicted octanol–water partition coefficient (Wildman–Crippen LogP) is 7.43. The number of rotatable bonds is 5. The van der Waals surface area contributed by atoms with E-state index >= 15 is 0 Å². The highest BCUT2D eigenvalue weighted by Gasteiger charge is 2.20. The molecule has 0 aromatic heterocycles. The van der Waals surface area contributed by atoms with E-state index in [4.69, 9.17) is 0 Å². The fourth-order valence-corrected chi connectivity index (χ4v) is 3.94. The number of benzene rings is 2. The molecule has 0 N–H and O–H groups in total. The summed E-state index contributed by atoms with van der Waals surface area (Å²) in [7, 11) is 0. The van der Waals surface area contributed by atoms with E-state index in [2.05, 4.69) is 19.1 Å². The Morgan fingerprint density at radius 3 is 2.27 bits per heavy atom. The molecule has 2 heteroatoms. The van der Waals surface area contributed by atoms with Crippen molar-refractivity contribution >= 4 is 0 Å². The van der Waals surface area contributed by atoms with Crippen LogP contribution in [-0.4, -0.2) is 0 Å². The summed E-state index contributed by atoms with van der Waals surface area (Å²) in [5, 5.41) is 0. The van der Waals surface area contributed by atoms with Crippen molar-refractivity contribution in [2.24, 2.45) is 5.92 Å². The van der Waals surface area contributed by atoms with Gasteiger partial charge in [0.1, 0.15) is 0 Å². The minimum Gasteiger partial charge on any atom is -0.203 e. The Morgan fingerprint density at radius 2 is 1.62 bits per heavy atom. The number of halogens is 2. The average Bonchev–Trinajstić information content (AvgIpc) is 2.66. The third-order valence-corrected chi connectivity index (χ3v) is 5.69. The van der Waals surface area contributed by atoms with Crippen molar-refractivity contribution in [1.29, 1.82) is 0 Å². The summed E-state index contributed by atoms with van der Waals surface area (Å²) in [6.07, 6.45) is 10.1. The van der Waals surface area contributed by atoms with Gasteiger partial charge in [0.15, 0.2) is 11.6 Å². The summed E-state index contributed by atoms with van der Waals surface area (Å²) in [6, 6.07) is 11.5. The van der Waals surface area contributed by atoms with Crippen molar-refractivity contribution in [3.05, 3.63) is 71.3 Å². The van der Waals surface area contributed by atoms with Gasteiger partial charge in [0.05, 0.1) is 0 Å². The molecule has 0 aliphatic heterocycles. The Balaban J connectivity index is 1.77. The SMILES string of the molecule is C/C=C/CCc1ccc(-c2ccc(C3CCC(C)CC3)cc2)c(F)c1F. The van der Waals surface area contributed by atoms with Gasteiger partial charge in [0.25, 0.3) is 0 Å². The summed E-state index contributed by atoms with van der Waals surface area (Å²) in [4.78, 5) is 0. The maximum absolute atomic E-state index is 14.6. The van der Waals surface area contributed by atoms with Gasteiger partial charge in [-0.25, -0.2) is 8.78 Å². The Labute approximate surface area is 156 Å². The van der Waals surface area contributed by atoms with Gasteiger partial charge in [-0.3, -0.25) is 0 Å². The first-order valence-electron chi connectivity index (χ1n) is 9.78. The van der Waals surface area contributed by atoms with Crippen LogP contribution in [0.25, 0.3) is 11.1 Å². The standard InChI is InChI=1S/C24H28F2/c1-3-4-5-6-21-15-16-22(24(26)23(21)25)20-13-11-19(12-14-20)18-9-7-17(2)8-10-18/h3-4,11-18H,5-10H2,1-2H3/b4-3+. The van der Waals surface area contributed by atoms with E-state index in [0.29, 0.717) is 23.5 Å². The fraction of sp³-hybridized carbons (Fsp3) is 0.417. The lowest BCUT2D eigenvalue weighted by Crippen LogP contribution is -2.10. The molecule has 138 valence electrons. The molecule has 0 radical (unpaired) electrons. The van der Waals surface area contributed by atoms with Crippen LogP contribution in [0.5, 0.6) is 0 Å². The molecule has 0 heterocycles. The smallest absolute Gasteiger partial charge is 0.166 e. The van der Waals surface area contributed by atoms with Gasteiger partial charge in [-0.05, 0) is 61.1 Å². The van der Waals surface area contributed by atoms with Crippen molar-refractivity contribution in [3.8, 4) is 11.1 Å². The molecule has 1 aliphatic rings. The molecule has 26 heavy (non-hydrogen) atoms. The first kappa shape index (κ1) is 18.8. The fourth-order valence-electron chi connectivity index (χ4n) is 3.94. The van der Waals surface area contributed by atoms with Crippen LogP contribution >= 0.6 is 0 Å². The molecule has 0 bridgehead atoms. The Kier molecular flexibility index (Phi) is 6.24. The zero-order valence-corrected chi connectivity index (χ0v) is 15.8. The first-order chi connectivity index (χ1) is 12.6. The topological polar surface area (TPSA) is 0 Å². The van der Waals surface area contributed by atoms with E-state index in [-0.39, 0.29) is 0 Å². The molecule has 0 unspecified atom stereocenters. The molecule has 2 aromatic carbocycles. The van der Waals surface area contributed by atoms with Gasteiger partial charge in [0, 0.05) is 5.56 Å². The highest BCUT2D eigenvalue weighted by molar-refractivity contribution is 5.65. The second kappa shape index (κ2) is 8.62. The average molecular weight is 354 g/mol. The van der Waals surface area contributed by atoms with Crippen LogP contribution in [0.1, 0.15) is 63.0 Å². The summed E-state index contributed by atoms with van der Waals surface area (Å²) >= 11 is 0. The highest BCUT2D eigenvalue weighted by atomic mass is 19.2. The molecule has 0 atom stereocenters. The van der Waals surface area contributed by atoms with E-state index < -0.39 is 11.6 Å². The number of allylic oxidation sites excluding steroid dienone is 2. The molecule has 1 saturated carbocycles. The number of hydrogen-bond acceptors (Lipinski definition) is 0. The Hall–Kier alpha value is -1.96. The van der Waals surface area contributed by atoms with Gasteiger partial charge in [-0.1, -0.05) is 68.3 Å². The van der Waals surface area contributed by atoms with Crippen LogP contribution < -0.4 is 0 Å². The molecule has 1 fully saturated rings. The zero-order valence-electron chi connectivity index (χ0n) is 15.8. The van der Waals surface area contributed by atoms with Gasteiger partial charge < -0.3 is 0 Å². The van der Waals surface area contributed by atoms with Gasteiger partial charge in [-0.15, -0.1) is 0 Å². The molecule has 0 saturated heterocycles. The molecular weight excluding hydrogens is 326 g/mol. The number of hydrogen-bond donors (Lipinski definition) is 0. The van der Waals surface area contributed by atoms with E-state index in [1.807, 2.05) is 31.2 Å². The van der Waals surface area contributed by atoms with Gasteiger partial charge >= 0.3 is 0 Å². The molecule has 1 aliphatic carbocycles. The number of aryl methyl sites for hydroxylation is 1. The lowest BCUT2D eigenvalue weighted by Gasteiger charge is -2.26. The third kappa shape index (κ3) is 4.23. The van der Waals surface area contributed by atoms with Crippen LogP contribution in [0.15, 0.2) is 48.6 Å². The predicted molar refractivity (Wildman–Crippen MR) is 105 cm³/mol. The molecular formula is C24H28F2. The van der Waals surface area contributed by atoms with E-state index in [9.17, 15) is 8.78 Å². The van der Waals surface area contributed by atoms with Crippen molar-refractivity contribution in [2.45, 2.75) is 58.3 Å². The lowest BCUT2D eigenvalue weighted by molar-refractivity contribution is 0.348. The van der Waals surface area contributed by atoms with Crippen molar-refractivity contribution in [3.63, 3.8) is 0 Å². The molecule has 3 rings (SSSR count). The summed E-state index contributed by atoms with van der Waals surface area (Å²) in [6.45, 7) is 4.25. The Morgan fingerprint density at radius 1 is 0.923 bits per heavy atom. The molecule has 2 aromatic rings. The normalized spacial score (nSPS) is 20.6. The molecule has 0 nitrogen and oxygen atoms in total. The zero-order chi connectivity index (χ0) is 18.5. The molecule has 0 spiro atoms. The van der Waals surface area contributed by atoms with Crippen molar-refractivity contribution in [2.75, 3.05) is 0 Å². The van der Waals surface area contributed by atoms with Crippen LogP contribution in [0.3, 0.4) is 0 Å². The van der Waals surface area contributed by atoms with Crippen LogP contribution in [0, 0.1) is 17.6 Å². The minimum atomic E-state index is -0.734. The summed E-state index contributed by atoms with van der Waals surface area (Å²) in [5.41, 5.74) is 2.86. The van der Waals surface area contributed by atoms with Crippen molar-refractivity contribution in [1.82, 2.24) is 0 Å². The van der Waals surface area contributed by atoms with E-state index in [1.165, 1.54) is 31.2 Å². The first-order valence-corrected chi connectivity index (χ1v) is 9.78. The van der Waals surface area contributed by atoms with Gasteiger partial charge in [-0.2, -0.15) is 0 Å². The molecule has 0 amide bonds. The highest BCUT2D eigenvalue weighted by Crippen LogP contribution is 2.36. The largest absolute Gasteiger partial charge is 0.203 e. The van der Waals surface area contributed by atoms with E-state index in [1.54, 1.807) is 12.1 Å². The van der Waals surface area contributed by atoms with Crippen LogP contribution in [-0.2, 0) is 6.42 Å². The Bertz CT molecular complexity index is 751. The summed E-state index contributed by atoms with van der Waals surface area (Å²) < 4.78 is 28.9. The van der Waals surface area contributed by atoms with Crippen LogP contribution in [0.2, 0.25) is 0 Å². The maximum atomic E-state index is 14.6. The van der Waals surface area contributed by atoms with Crippen LogP contribution in [0.4, 0.5) is 8.78 Å². The monoisotopic (exact) mass is 354 g/mol. The second-order valence-electron chi connectivity index (χ2n) is 7.59. The quantitative estimate of drug-likeness (QED) is 0.490. The third-order valence-electron chi connectivity index (χ3n) is 5.69. The summed E-state index contributed by atoms with van der Waals surface area (Å²) in [5.74, 6) is -0.00989. The lowest BCUT2D eigenvalue weighted by atomic mass is 9.79. The van der Waals surface area contributed by atoms with E-state index in [0.717, 1.165) is 17.9 Å². The maximum Gasteiger partial charge on any atom is 0.166 e. The second-order valence-corrected chi connectivity index (χ2v) is 7.59. The van der Waals surface area contributed by atoms with Crippen molar-refractivity contribution < 1.29 is 8.78 Å².